The highest BCUT2D eigenvalue weighted by Gasteiger charge is 2.30. The highest BCUT2D eigenvalue weighted by atomic mass is 35.5. The van der Waals surface area contributed by atoms with E-state index in [0.29, 0.717) is 12.4 Å². The van der Waals surface area contributed by atoms with Gasteiger partial charge in [-0.05, 0) is 25.1 Å². The van der Waals surface area contributed by atoms with E-state index >= 15 is 0 Å². The summed E-state index contributed by atoms with van der Waals surface area (Å²) < 4.78 is 33.1. The van der Waals surface area contributed by atoms with Crippen LogP contribution in [-0.4, -0.2) is 47.6 Å². The van der Waals surface area contributed by atoms with E-state index in [-0.39, 0.29) is 30.3 Å². The molecule has 28 heavy (non-hydrogen) atoms. The average molecular weight is 416 g/mol. The summed E-state index contributed by atoms with van der Waals surface area (Å²) in [5.74, 6) is -2.10. The van der Waals surface area contributed by atoms with E-state index in [1.54, 1.807) is 0 Å². The molecule has 0 saturated carbocycles. The van der Waals surface area contributed by atoms with Crippen LogP contribution in [0.2, 0.25) is 0 Å². The Morgan fingerprint density at radius 3 is 2.64 bits per heavy atom. The number of benzene rings is 1. The number of hydrogen-bond donors (Lipinski definition) is 2. The van der Waals surface area contributed by atoms with Gasteiger partial charge in [0.05, 0.1) is 6.04 Å². The molecule has 10 heteroatoms. The van der Waals surface area contributed by atoms with Crippen molar-refractivity contribution in [3.63, 3.8) is 0 Å². The molecule has 0 aliphatic carbocycles. The maximum Gasteiger partial charge on any atom is 0.257 e. The number of aromatic nitrogens is 2. The molecular formula is C18H24ClF2N5O2. The summed E-state index contributed by atoms with van der Waals surface area (Å²) in [7, 11) is 1.98. The topological polar surface area (TPSA) is 83.3 Å². The lowest BCUT2D eigenvalue weighted by Gasteiger charge is -2.30. The van der Waals surface area contributed by atoms with Gasteiger partial charge >= 0.3 is 0 Å². The van der Waals surface area contributed by atoms with E-state index in [1.165, 1.54) is 6.07 Å². The van der Waals surface area contributed by atoms with Crippen molar-refractivity contribution in [1.82, 2.24) is 25.7 Å². The molecule has 0 spiro atoms. The van der Waals surface area contributed by atoms with Crippen molar-refractivity contribution in [2.45, 2.75) is 25.9 Å². The Labute approximate surface area is 168 Å². The summed E-state index contributed by atoms with van der Waals surface area (Å²) in [6.45, 7) is 6.12. The Kier molecular flexibility index (Phi) is 7.45. The van der Waals surface area contributed by atoms with Gasteiger partial charge < -0.3 is 15.2 Å². The largest absolute Gasteiger partial charge is 0.340 e. The third-order valence-electron chi connectivity index (χ3n) is 4.68. The fraction of sp³-hybridized carbons (Fsp3) is 0.500. The Morgan fingerprint density at radius 2 is 2.04 bits per heavy atom. The molecule has 1 amide bonds. The molecule has 154 valence electrons. The summed E-state index contributed by atoms with van der Waals surface area (Å²) >= 11 is 0. The molecule has 2 N–H and O–H groups in total. The number of likely N-dealkylation sites (N-methyl/N-ethyl adjacent to an activating group) is 1. The second-order valence-electron chi connectivity index (χ2n) is 6.98. The normalized spacial score (nSPS) is 18.6. The lowest BCUT2D eigenvalue weighted by atomic mass is 10.0. The van der Waals surface area contributed by atoms with Crippen LogP contribution in [0, 0.1) is 17.6 Å². The second-order valence-corrected chi connectivity index (χ2v) is 6.98. The number of amides is 1. The highest BCUT2D eigenvalue weighted by Crippen LogP contribution is 2.25. The molecule has 0 bridgehead atoms. The molecule has 1 aromatic carbocycles. The fourth-order valence-electron chi connectivity index (χ4n) is 3.04. The number of rotatable bonds is 5. The molecule has 0 radical (unpaired) electrons. The fourth-order valence-corrected chi connectivity index (χ4v) is 3.04. The van der Waals surface area contributed by atoms with Gasteiger partial charge in [0.15, 0.2) is 5.82 Å². The van der Waals surface area contributed by atoms with Crippen molar-refractivity contribution in [2.24, 2.45) is 5.92 Å². The van der Waals surface area contributed by atoms with E-state index in [0.717, 1.165) is 25.2 Å². The van der Waals surface area contributed by atoms with Crippen molar-refractivity contribution < 1.29 is 18.1 Å². The molecule has 2 atom stereocenters. The van der Waals surface area contributed by atoms with Gasteiger partial charge in [-0.3, -0.25) is 9.69 Å². The number of piperazine rings is 1. The van der Waals surface area contributed by atoms with Gasteiger partial charge in [-0.25, -0.2) is 8.78 Å². The average Bonchev–Trinajstić information content (AvgIpc) is 3.09. The molecule has 1 aliphatic rings. The van der Waals surface area contributed by atoms with Gasteiger partial charge in [0.25, 0.3) is 5.91 Å². The van der Waals surface area contributed by atoms with Gasteiger partial charge in [-0.2, -0.15) is 4.98 Å². The van der Waals surface area contributed by atoms with Gasteiger partial charge in [0.1, 0.15) is 23.2 Å². The molecule has 7 nitrogen and oxygen atoms in total. The maximum absolute atomic E-state index is 13.9. The summed E-state index contributed by atoms with van der Waals surface area (Å²) in [5.41, 5.74) is -0.626. The number of nitrogens with zero attached hydrogens (tertiary/aromatic N) is 3. The van der Waals surface area contributed by atoms with E-state index < -0.39 is 29.1 Å². The Hall–Kier alpha value is -2.10. The number of nitrogens with one attached hydrogen (secondary N) is 2. The van der Waals surface area contributed by atoms with Crippen molar-refractivity contribution in [2.75, 3.05) is 26.7 Å². The van der Waals surface area contributed by atoms with Crippen molar-refractivity contribution in [1.29, 1.82) is 0 Å². The standard InChI is InChI=1S/C18H23F2N5O2.ClH/c1-10(2)15(22-17(26)14-11(19)5-4-6-12(14)20)18-23-16(24-27-18)13-9-21-7-8-25(13)3;/h4-6,10,13,15,21H,7-9H2,1-3H3,(H,22,26);1H. The van der Waals surface area contributed by atoms with Gasteiger partial charge in [0, 0.05) is 19.6 Å². The monoisotopic (exact) mass is 415 g/mol. The van der Waals surface area contributed by atoms with Crippen LogP contribution < -0.4 is 10.6 Å². The minimum Gasteiger partial charge on any atom is -0.340 e. The zero-order valence-corrected chi connectivity index (χ0v) is 16.7. The number of hydrogen-bond acceptors (Lipinski definition) is 6. The van der Waals surface area contributed by atoms with Crippen LogP contribution in [0.3, 0.4) is 0 Å². The first-order valence-electron chi connectivity index (χ1n) is 8.87. The predicted octanol–water partition coefficient (Wildman–Crippen LogP) is 2.47. The predicted molar refractivity (Wildman–Crippen MR) is 101 cm³/mol. The molecule has 2 unspecified atom stereocenters. The van der Waals surface area contributed by atoms with Crippen molar-refractivity contribution >= 4 is 18.3 Å². The minimum absolute atomic E-state index is 0. The number of halogens is 3. The van der Waals surface area contributed by atoms with Gasteiger partial charge in [-0.15, -0.1) is 12.4 Å². The number of carbonyl (C=O) groups excluding carboxylic acids is 1. The van der Waals surface area contributed by atoms with E-state index in [2.05, 4.69) is 25.7 Å². The third-order valence-corrected chi connectivity index (χ3v) is 4.68. The van der Waals surface area contributed by atoms with Gasteiger partial charge in [0.2, 0.25) is 5.89 Å². The smallest absolute Gasteiger partial charge is 0.257 e. The summed E-state index contributed by atoms with van der Waals surface area (Å²) in [6, 6.07) is 2.59. The van der Waals surface area contributed by atoms with Crippen LogP contribution in [-0.2, 0) is 0 Å². The quantitative estimate of drug-likeness (QED) is 0.780. The first-order valence-corrected chi connectivity index (χ1v) is 8.87. The van der Waals surface area contributed by atoms with E-state index in [9.17, 15) is 13.6 Å². The van der Waals surface area contributed by atoms with Crippen LogP contribution in [0.1, 0.15) is 48.0 Å². The van der Waals surface area contributed by atoms with E-state index in [1.807, 2.05) is 20.9 Å². The molecule has 2 aromatic rings. The molecule has 3 rings (SSSR count). The molecule has 1 fully saturated rings. The van der Waals surface area contributed by atoms with Gasteiger partial charge in [-0.1, -0.05) is 25.1 Å². The highest BCUT2D eigenvalue weighted by molar-refractivity contribution is 5.94. The third kappa shape index (κ3) is 4.65. The lowest BCUT2D eigenvalue weighted by molar-refractivity contribution is 0.0905. The Bertz CT molecular complexity index is 797. The van der Waals surface area contributed by atoms with Crippen LogP contribution >= 0.6 is 12.4 Å². The minimum atomic E-state index is -0.920. The zero-order valence-electron chi connectivity index (χ0n) is 15.9. The summed E-state index contributed by atoms with van der Waals surface area (Å²) in [6.07, 6.45) is 0. The molecular weight excluding hydrogens is 392 g/mol. The summed E-state index contributed by atoms with van der Waals surface area (Å²) in [4.78, 5) is 19.0. The zero-order chi connectivity index (χ0) is 19.6. The van der Waals surface area contributed by atoms with Crippen LogP contribution in [0.25, 0.3) is 0 Å². The Balaban J connectivity index is 0.00000280. The van der Waals surface area contributed by atoms with Crippen molar-refractivity contribution in [3.05, 3.63) is 47.1 Å². The number of carbonyl (C=O) groups is 1. The Morgan fingerprint density at radius 1 is 1.36 bits per heavy atom. The molecule has 1 aromatic heterocycles. The SMILES string of the molecule is CC(C)C(NC(=O)c1c(F)cccc1F)c1nc(C2CNCCN2C)no1.Cl. The molecule has 2 heterocycles. The second kappa shape index (κ2) is 9.40. The van der Waals surface area contributed by atoms with E-state index in [4.69, 9.17) is 4.52 Å². The molecule has 1 aliphatic heterocycles. The summed E-state index contributed by atoms with van der Waals surface area (Å²) in [5, 5.41) is 9.93. The first-order chi connectivity index (χ1) is 12.9. The van der Waals surface area contributed by atoms with Crippen LogP contribution in [0.15, 0.2) is 22.7 Å². The van der Waals surface area contributed by atoms with Crippen molar-refractivity contribution in [3.8, 4) is 0 Å². The first kappa shape index (κ1) is 22.2. The molecule has 1 saturated heterocycles. The maximum atomic E-state index is 13.9. The lowest BCUT2D eigenvalue weighted by Crippen LogP contribution is -2.44. The van der Waals surface area contributed by atoms with Crippen LogP contribution in [0.4, 0.5) is 8.78 Å². The van der Waals surface area contributed by atoms with Crippen LogP contribution in [0.5, 0.6) is 0 Å².